The number of rotatable bonds is 4. The summed E-state index contributed by atoms with van der Waals surface area (Å²) in [5.74, 6) is -0.0435. The number of nitrogens with two attached hydrogens (primary N) is 1. The number of carbonyl (C=O) groups is 1. The van der Waals surface area contributed by atoms with Crippen molar-refractivity contribution in [3.05, 3.63) is 35.4 Å². The minimum atomic E-state index is -4.36. The molecule has 1 aromatic carbocycles. The zero-order chi connectivity index (χ0) is 17.2. The van der Waals surface area contributed by atoms with E-state index in [4.69, 9.17) is 5.73 Å². The molecule has 6 heteroatoms. The van der Waals surface area contributed by atoms with E-state index in [1.807, 2.05) is 11.8 Å². The van der Waals surface area contributed by atoms with Crippen LogP contribution >= 0.6 is 0 Å². The number of nitrogens with zero attached hydrogens (tertiary/aromatic N) is 1. The number of halogens is 3. The van der Waals surface area contributed by atoms with Gasteiger partial charge in [0.05, 0.1) is 5.56 Å². The molecule has 1 saturated heterocycles. The van der Waals surface area contributed by atoms with Gasteiger partial charge >= 0.3 is 6.18 Å². The van der Waals surface area contributed by atoms with Crippen molar-refractivity contribution in [1.82, 2.24) is 4.90 Å². The Kier molecular flexibility index (Phi) is 5.34. The average molecular weight is 328 g/mol. The minimum absolute atomic E-state index is 0.00846. The van der Waals surface area contributed by atoms with E-state index in [0.29, 0.717) is 31.0 Å². The predicted octanol–water partition coefficient (Wildman–Crippen LogP) is 3.08. The molecule has 0 bridgehead atoms. The van der Waals surface area contributed by atoms with Crippen LogP contribution in [0.1, 0.15) is 31.4 Å². The van der Waals surface area contributed by atoms with Crippen molar-refractivity contribution < 1.29 is 18.0 Å². The molecule has 2 rings (SSSR count). The smallest absolute Gasteiger partial charge is 0.339 e. The SMILES string of the molecule is CC(Cc1cccc(C(F)(F)F)c1)C(=O)N1CC(CN)CC1C. The highest BCUT2D eigenvalue weighted by molar-refractivity contribution is 5.79. The molecule has 128 valence electrons. The quantitative estimate of drug-likeness (QED) is 0.923. The summed E-state index contributed by atoms with van der Waals surface area (Å²) in [4.78, 5) is 14.4. The maximum absolute atomic E-state index is 12.8. The van der Waals surface area contributed by atoms with Crippen LogP contribution in [-0.2, 0) is 17.4 Å². The van der Waals surface area contributed by atoms with E-state index in [1.165, 1.54) is 6.07 Å². The van der Waals surface area contributed by atoms with E-state index in [-0.39, 0.29) is 17.9 Å². The summed E-state index contributed by atoms with van der Waals surface area (Å²) < 4.78 is 38.3. The number of alkyl halides is 3. The topological polar surface area (TPSA) is 46.3 Å². The van der Waals surface area contributed by atoms with E-state index in [0.717, 1.165) is 18.6 Å². The number of hydrogen-bond acceptors (Lipinski definition) is 2. The number of carbonyl (C=O) groups excluding carboxylic acids is 1. The second-order valence-corrected chi connectivity index (χ2v) is 6.48. The summed E-state index contributed by atoms with van der Waals surface area (Å²) >= 11 is 0. The molecule has 0 spiro atoms. The molecular formula is C17H23F3N2O. The summed E-state index contributed by atoms with van der Waals surface area (Å²) in [5, 5.41) is 0. The Morgan fingerprint density at radius 1 is 1.43 bits per heavy atom. The van der Waals surface area contributed by atoms with E-state index in [2.05, 4.69) is 0 Å². The first-order valence-corrected chi connectivity index (χ1v) is 7.89. The van der Waals surface area contributed by atoms with Crippen LogP contribution in [-0.4, -0.2) is 29.9 Å². The second-order valence-electron chi connectivity index (χ2n) is 6.48. The lowest BCUT2D eigenvalue weighted by Crippen LogP contribution is -2.38. The molecular weight excluding hydrogens is 305 g/mol. The molecule has 2 N–H and O–H groups in total. The largest absolute Gasteiger partial charge is 0.416 e. The molecule has 0 aliphatic carbocycles. The summed E-state index contributed by atoms with van der Waals surface area (Å²) in [6.07, 6.45) is -3.17. The second kappa shape index (κ2) is 6.91. The third kappa shape index (κ3) is 4.25. The molecule has 3 nitrogen and oxygen atoms in total. The molecule has 1 aliphatic rings. The lowest BCUT2D eigenvalue weighted by molar-refractivity contribution is -0.137. The highest BCUT2D eigenvalue weighted by Crippen LogP contribution is 2.30. The molecule has 0 radical (unpaired) electrons. The Balaban J connectivity index is 2.04. The van der Waals surface area contributed by atoms with Gasteiger partial charge in [-0.15, -0.1) is 0 Å². The zero-order valence-electron chi connectivity index (χ0n) is 13.4. The fourth-order valence-electron chi connectivity index (χ4n) is 3.22. The summed E-state index contributed by atoms with van der Waals surface area (Å²) in [6, 6.07) is 5.33. The fourth-order valence-corrected chi connectivity index (χ4v) is 3.22. The standard InChI is InChI=1S/C17H23F3N2O/c1-11(16(23)22-10-14(9-21)7-12(22)2)6-13-4-3-5-15(8-13)17(18,19)20/h3-5,8,11-12,14H,6-7,9-10,21H2,1-2H3. The molecule has 3 unspecified atom stereocenters. The van der Waals surface area contributed by atoms with Gasteiger partial charge in [0.2, 0.25) is 5.91 Å². The minimum Gasteiger partial charge on any atom is -0.339 e. The van der Waals surface area contributed by atoms with E-state index in [1.54, 1.807) is 13.0 Å². The highest BCUT2D eigenvalue weighted by atomic mass is 19.4. The molecule has 23 heavy (non-hydrogen) atoms. The van der Waals surface area contributed by atoms with Gasteiger partial charge in [0.15, 0.2) is 0 Å². The maximum Gasteiger partial charge on any atom is 0.416 e. The third-order valence-corrected chi connectivity index (χ3v) is 4.50. The lowest BCUT2D eigenvalue weighted by atomic mass is 9.98. The number of benzene rings is 1. The molecule has 0 aromatic heterocycles. The first-order chi connectivity index (χ1) is 10.7. The van der Waals surface area contributed by atoms with Crippen LogP contribution in [0.25, 0.3) is 0 Å². The van der Waals surface area contributed by atoms with Gasteiger partial charge in [0.25, 0.3) is 0 Å². The van der Waals surface area contributed by atoms with Crippen LogP contribution in [0.15, 0.2) is 24.3 Å². The van der Waals surface area contributed by atoms with Gasteiger partial charge in [-0.3, -0.25) is 4.79 Å². The Bertz CT molecular complexity index is 559. The fraction of sp³-hybridized carbons (Fsp3) is 0.588. The van der Waals surface area contributed by atoms with Crippen LogP contribution in [0.4, 0.5) is 13.2 Å². The molecule has 3 atom stereocenters. The summed E-state index contributed by atoms with van der Waals surface area (Å²) in [6.45, 7) is 4.95. The highest BCUT2D eigenvalue weighted by Gasteiger charge is 2.34. The zero-order valence-corrected chi connectivity index (χ0v) is 13.4. The van der Waals surface area contributed by atoms with Crippen LogP contribution in [0.5, 0.6) is 0 Å². The van der Waals surface area contributed by atoms with Gasteiger partial charge in [-0.1, -0.05) is 25.1 Å². The number of hydrogen-bond donors (Lipinski definition) is 1. The van der Waals surface area contributed by atoms with Crippen LogP contribution in [0.3, 0.4) is 0 Å². The van der Waals surface area contributed by atoms with Crippen molar-refractivity contribution in [2.45, 2.75) is 38.9 Å². The normalized spacial score (nSPS) is 23.1. The van der Waals surface area contributed by atoms with Gasteiger partial charge in [-0.25, -0.2) is 0 Å². The van der Waals surface area contributed by atoms with Gasteiger partial charge in [0.1, 0.15) is 0 Å². The molecule has 1 amide bonds. The van der Waals surface area contributed by atoms with E-state index in [9.17, 15) is 18.0 Å². The number of likely N-dealkylation sites (tertiary alicyclic amines) is 1. The maximum atomic E-state index is 12.8. The van der Waals surface area contributed by atoms with Gasteiger partial charge in [-0.05, 0) is 43.9 Å². The first kappa shape index (κ1) is 17.8. The third-order valence-electron chi connectivity index (χ3n) is 4.50. The number of amides is 1. The van der Waals surface area contributed by atoms with Crippen molar-refractivity contribution >= 4 is 5.91 Å². The summed E-state index contributed by atoms with van der Waals surface area (Å²) in [5.41, 5.74) is 5.53. The van der Waals surface area contributed by atoms with Gasteiger partial charge in [0, 0.05) is 18.5 Å². The Hall–Kier alpha value is -1.56. The molecule has 0 saturated carbocycles. The van der Waals surface area contributed by atoms with Gasteiger partial charge < -0.3 is 10.6 Å². The molecule has 1 heterocycles. The van der Waals surface area contributed by atoms with Crippen LogP contribution in [0, 0.1) is 11.8 Å². The van der Waals surface area contributed by atoms with E-state index >= 15 is 0 Å². The van der Waals surface area contributed by atoms with E-state index < -0.39 is 11.7 Å². The lowest BCUT2D eigenvalue weighted by Gasteiger charge is -2.25. The predicted molar refractivity (Wildman–Crippen MR) is 82.6 cm³/mol. The Labute approximate surface area is 134 Å². The van der Waals surface area contributed by atoms with Gasteiger partial charge in [-0.2, -0.15) is 13.2 Å². The molecule has 1 fully saturated rings. The van der Waals surface area contributed by atoms with Crippen LogP contribution < -0.4 is 5.73 Å². The molecule has 1 aliphatic heterocycles. The van der Waals surface area contributed by atoms with Crippen molar-refractivity contribution in [2.75, 3.05) is 13.1 Å². The summed E-state index contributed by atoms with van der Waals surface area (Å²) in [7, 11) is 0. The average Bonchev–Trinajstić information content (AvgIpc) is 2.87. The van der Waals surface area contributed by atoms with Crippen molar-refractivity contribution in [2.24, 2.45) is 17.6 Å². The Morgan fingerprint density at radius 3 is 2.70 bits per heavy atom. The monoisotopic (exact) mass is 328 g/mol. The first-order valence-electron chi connectivity index (χ1n) is 7.89. The van der Waals surface area contributed by atoms with Crippen molar-refractivity contribution in [3.63, 3.8) is 0 Å². The van der Waals surface area contributed by atoms with Crippen molar-refractivity contribution in [3.8, 4) is 0 Å². The van der Waals surface area contributed by atoms with Crippen LogP contribution in [0.2, 0.25) is 0 Å². The van der Waals surface area contributed by atoms with Crippen molar-refractivity contribution in [1.29, 1.82) is 0 Å². The molecule has 1 aromatic rings. The Morgan fingerprint density at radius 2 is 2.13 bits per heavy atom.